The number of benzene rings is 2. The van der Waals surface area contributed by atoms with Gasteiger partial charge in [0.05, 0.1) is 12.1 Å². The molecule has 1 N–H and O–H groups in total. The minimum atomic E-state index is -1.76. The summed E-state index contributed by atoms with van der Waals surface area (Å²) < 4.78 is 6.23. The van der Waals surface area contributed by atoms with Crippen LogP contribution >= 0.6 is 0 Å². The van der Waals surface area contributed by atoms with Crippen molar-refractivity contribution in [3.05, 3.63) is 71.3 Å². The molecular weight excluding hydrogens is 366 g/mol. The van der Waals surface area contributed by atoms with Gasteiger partial charge in [-0.05, 0) is 43.4 Å². The molecule has 2 aromatic carbocycles. The summed E-state index contributed by atoms with van der Waals surface area (Å²) >= 11 is 0. The van der Waals surface area contributed by atoms with Gasteiger partial charge in [-0.15, -0.1) is 0 Å². The van der Waals surface area contributed by atoms with Crippen LogP contribution in [0.1, 0.15) is 49.4 Å². The van der Waals surface area contributed by atoms with Gasteiger partial charge in [-0.2, -0.15) is 0 Å². The van der Waals surface area contributed by atoms with E-state index in [9.17, 15) is 14.7 Å². The summed E-state index contributed by atoms with van der Waals surface area (Å²) in [5.41, 5.74) is 0.631. The molecule has 0 aromatic heterocycles. The van der Waals surface area contributed by atoms with Crippen LogP contribution in [0.2, 0.25) is 0 Å². The molecule has 0 bridgehead atoms. The van der Waals surface area contributed by atoms with Crippen molar-refractivity contribution in [1.29, 1.82) is 0 Å². The summed E-state index contributed by atoms with van der Waals surface area (Å²) in [6.07, 6.45) is 1.69. The number of fused-ring (bicyclic) bond motifs is 3. The van der Waals surface area contributed by atoms with Crippen LogP contribution in [0.25, 0.3) is 0 Å². The molecule has 4 rings (SSSR count). The zero-order valence-electron chi connectivity index (χ0n) is 16.9. The van der Waals surface area contributed by atoms with E-state index in [-0.39, 0.29) is 25.0 Å². The van der Waals surface area contributed by atoms with Gasteiger partial charge in [0.25, 0.3) is 5.91 Å². The van der Waals surface area contributed by atoms with Crippen LogP contribution < -0.4 is 0 Å². The fourth-order valence-corrected chi connectivity index (χ4v) is 4.74. The topological polar surface area (TPSA) is 66.8 Å². The summed E-state index contributed by atoms with van der Waals surface area (Å²) in [5.74, 6) is -0.435. The monoisotopic (exact) mass is 393 g/mol. The SMILES string of the molecule is CC1(C)O[C@@H]2Cc3ccccc3C2N1C(=O)[C@](O)(CC=O)CCc1ccccc1. The van der Waals surface area contributed by atoms with Crippen LogP contribution in [0.5, 0.6) is 0 Å². The Kier molecular flexibility index (Phi) is 5.05. The second-order valence-electron chi connectivity index (χ2n) is 8.51. The van der Waals surface area contributed by atoms with E-state index in [1.807, 2.05) is 62.4 Å². The maximum absolute atomic E-state index is 13.7. The lowest BCUT2D eigenvalue weighted by molar-refractivity contribution is -0.169. The maximum atomic E-state index is 13.7. The lowest BCUT2D eigenvalue weighted by Crippen LogP contribution is -2.55. The van der Waals surface area contributed by atoms with Gasteiger partial charge >= 0.3 is 0 Å². The Hall–Kier alpha value is -2.50. The Balaban J connectivity index is 1.64. The molecule has 1 fully saturated rings. The van der Waals surface area contributed by atoms with Crippen LogP contribution in [0.3, 0.4) is 0 Å². The lowest BCUT2D eigenvalue weighted by atomic mass is 9.89. The maximum Gasteiger partial charge on any atom is 0.257 e. The van der Waals surface area contributed by atoms with Gasteiger partial charge in [-0.1, -0.05) is 54.6 Å². The standard InChI is InChI=1S/C24H27NO4/c1-23(2)25(21-19-11-7-6-10-18(19)16-20(21)29-23)22(27)24(28,14-15-26)13-12-17-8-4-3-5-9-17/h3-11,15,20-21,28H,12-14,16H2,1-2H3/t20-,21?,24-/m1/s1. The minimum absolute atomic E-state index is 0.138. The molecule has 1 amide bonds. The highest BCUT2D eigenvalue weighted by Gasteiger charge is 2.56. The normalized spacial score (nSPS) is 23.9. The highest BCUT2D eigenvalue weighted by atomic mass is 16.5. The summed E-state index contributed by atoms with van der Waals surface area (Å²) in [6.45, 7) is 3.70. The van der Waals surface area contributed by atoms with Crippen molar-refractivity contribution in [3.8, 4) is 0 Å². The smallest absolute Gasteiger partial charge is 0.257 e. The molecule has 0 saturated carbocycles. The van der Waals surface area contributed by atoms with Crippen LogP contribution in [-0.2, 0) is 27.2 Å². The van der Waals surface area contributed by atoms with E-state index in [2.05, 4.69) is 6.07 Å². The summed E-state index contributed by atoms with van der Waals surface area (Å²) in [4.78, 5) is 26.7. The second-order valence-corrected chi connectivity index (χ2v) is 8.51. The molecule has 5 heteroatoms. The molecule has 1 aliphatic carbocycles. The van der Waals surface area contributed by atoms with Gasteiger partial charge in [0.2, 0.25) is 0 Å². The molecule has 1 heterocycles. The number of hydrogen-bond donors (Lipinski definition) is 1. The molecular formula is C24H27NO4. The molecule has 3 atom stereocenters. The van der Waals surface area contributed by atoms with Crippen LogP contribution in [0.4, 0.5) is 0 Å². The van der Waals surface area contributed by atoms with Crippen molar-refractivity contribution in [1.82, 2.24) is 4.90 Å². The third kappa shape index (κ3) is 3.49. The number of carbonyl (C=O) groups is 2. The van der Waals surface area contributed by atoms with E-state index >= 15 is 0 Å². The first-order valence-electron chi connectivity index (χ1n) is 10.1. The average molecular weight is 393 g/mol. The number of carbonyl (C=O) groups excluding carboxylic acids is 2. The number of aryl methyl sites for hydroxylation is 1. The Labute approximate surface area is 171 Å². The molecule has 5 nitrogen and oxygen atoms in total. The third-order valence-corrected chi connectivity index (χ3v) is 6.15. The van der Waals surface area contributed by atoms with E-state index < -0.39 is 17.2 Å². The number of amides is 1. The fraction of sp³-hybridized carbons (Fsp3) is 0.417. The van der Waals surface area contributed by atoms with Crippen LogP contribution in [-0.4, -0.2) is 39.6 Å². The molecule has 0 spiro atoms. The van der Waals surface area contributed by atoms with Gasteiger partial charge in [0.1, 0.15) is 17.6 Å². The van der Waals surface area contributed by atoms with Crippen molar-refractivity contribution < 1.29 is 19.4 Å². The first kappa shape index (κ1) is 19.8. The van der Waals surface area contributed by atoms with Crippen LogP contribution in [0.15, 0.2) is 54.6 Å². The minimum Gasteiger partial charge on any atom is -0.380 e. The van der Waals surface area contributed by atoms with Crippen molar-refractivity contribution >= 4 is 12.2 Å². The van der Waals surface area contributed by atoms with Crippen molar-refractivity contribution in [3.63, 3.8) is 0 Å². The Morgan fingerprint density at radius 1 is 1.21 bits per heavy atom. The molecule has 29 heavy (non-hydrogen) atoms. The predicted octanol–water partition coefficient (Wildman–Crippen LogP) is 3.20. The number of hydrogen-bond acceptors (Lipinski definition) is 4. The quantitative estimate of drug-likeness (QED) is 0.766. The van der Waals surface area contributed by atoms with Gasteiger partial charge in [-0.3, -0.25) is 4.79 Å². The predicted molar refractivity (Wildman–Crippen MR) is 109 cm³/mol. The van der Waals surface area contributed by atoms with E-state index in [0.717, 1.165) is 17.5 Å². The first-order valence-corrected chi connectivity index (χ1v) is 10.1. The van der Waals surface area contributed by atoms with E-state index in [0.29, 0.717) is 12.7 Å². The fourth-order valence-electron chi connectivity index (χ4n) is 4.74. The highest BCUT2D eigenvalue weighted by molar-refractivity contribution is 5.88. The number of aliphatic hydroxyl groups is 1. The van der Waals surface area contributed by atoms with Gasteiger partial charge in [0.15, 0.2) is 0 Å². The van der Waals surface area contributed by atoms with Gasteiger partial charge < -0.3 is 19.5 Å². The van der Waals surface area contributed by atoms with Gasteiger partial charge in [0, 0.05) is 12.8 Å². The zero-order valence-corrected chi connectivity index (χ0v) is 16.9. The Morgan fingerprint density at radius 3 is 2.62 bits per heavy atom. The Bertz CT molecular complexity index is 910. The second kappa shape index (κ2) is 7.39. The first-order chi connectivity index (χ1) is 13.9. The molecule has 1 saturated heterocycles. The zero-order chi connectivity index (χ0) is 20.6. The summed E-state index contributed by atoms with van der Waals surface area (Å²) in [5, 5.41) is 11.3. The van der Waals surface area contributed by atoms with E-state index in [4.69, 9.17) is 4.74 Å². The third-order valence-electron chi connectivity index (χ3n) is 6.15. The molecule has 1 unspecified atom stereocenters. The molecule has 0 radical (unpaired) electrons. The summed E-state index contributed by atoms with van der Waals surface area (Å²) in [7, 11) is 0. The summed E-state index contributed by atoms with van der Waals surface area (Å²) in [6, 6.07) is 17.5. The lowest BCUT2D eigenvalue weighted by Gasteiger charge is -2.39. The average Bonchev–Trinajstić information content (AvgIpc) is 3.17. The molecule has 2 aliphatic rings. The van der Waals surface area contributed by atoms with Crippen LogP contribution in [0, 0.1) is 0 Å². The number of nitrogens with zero attached hydrogens (tertiary/aromatic N) is 1. The molecule has 152 valence electrons. The van der Waals surface area contributed by atoms with Crippen molar-refractivity contribution in [2.24, 2.45) is 0 Å². The largest absolute Gasteiger partial charge is 0.380 e. The molecule has 1 aliphatic heterocycles. The molecule has 2 aromatic rings. The number of rotatable bonds is 6. The van der Waals surface area contributed by atoms with Crippen molar-refractivity contribution in [2.75, 3.05) is 0 Å². The van der Waals surface area contributed by atoms with E-state index in [1.165, 1.54) is 5.56 Å². The van der Waals surface area contributed by atoms with E-state index in [1.54, 1.807) is 4.90 Å². The number of ether oxygens (including phenoxy) is 1. The van der Waals surface area contributed by atoms with Crippen molar-refractivity contribution in [2.45, 2.75) is 63.0 Å². The van der Waals surface area contributed by atoms with Gasteiger partial charge in [-0.25, -0.2) is 0 Å². The Morgan fingerprint density at radius 2 is 1.90 bits per heavy atom. The number of aldehydes is 1. The highest BCUT2D eigenvalue weighted by Crippen LogP contribution is 2.49.